The van der Waals surface area contributed by atoms with E-state index in [0.717, 1.165) is 44.4 Å². The van der Waals surface area contributed by atoms with Gasteiger partial charge in [0.15, 0.2) is 0 Å². The van der Waals surface area contributed by atoms with Crippen molar-refractivity contribution in [2.75, 3.05) is 30.3 Å². The molecule has 1 fully saturated rings. The van der Waals surface area contributed by atoms with Crippen LogP contribution in [0.1, 0.15) is 26.3 Å². The number of carboxylic acid groups (broad SMARTS) is 1. The van der Waals surface area contributed by atoms with Crippen LogP contribution in [0.15, 0.2) is 17.2 Å². The molecule has 136 valence electrons. The smallest absolute Gasteiger partial charge is 0.419 e. The zero-order valence-corrected chi connectivity index (χ0v) is 14.7. The van der Waals surface area contributed by atoms with Gasteiger partial charge in [-0.1, -0.05) is 6.92 Å². The number of rotatable bonds is 3. The molecule has 1 atom stereocenters. The first-order valence-electron chi connectivity index (χ1n) is 7.54. The molecule has 1 aliphatic heterocycles. The Morgan fingerprint density at radius 1 is 1.50 bits per heavy atom. The van der Waals surface area contributed by atoms with Crippen LogP contribution in [-0.2, 0) is 11.0 Å². The summed E-state index contributed by atoms with van der Waals surface area (Å²) in [7, 11) is 0. The maximum absolute atomic E-state index is 12.9. The zero-order valence-electron chi connectivity index (χ0n) is 13.9. The molecule has 0 bridgehead atoms. The van der Waals surface area contributed by atoms with Gasteiger partial charge in [0, 0.05) is 32.6 Å². The van der Waals surface area contributed by atoms with Crippen molar-refractivity contribution < 1.29 is 23.1 Å². The molecule has 0 aromatic carbocycles. The number of nitrogens with zero attached hydrogens (tertiary/aromatic N) is 2. The SMILES string of the molecule is CC(=O)O.CCSc1nc(N2CCN[C@H](C)C2)ccc1C(F)(F)F. The molecule has 0 saturated carbocycles. The second kappa shape index (κ2) is 9.12. The molecule has 2 heterocycles. The van der Waals surface area contributed by atoms with Crippen LogP contribution < -0.4 is 10.2 Å². The third-order valence-corrected chi connectivity index (χ3v) is 4.00. The Bertz CT molecular complexity index is 551. The molecule has 0 unspecified atom stereocenters. The molecule has 0 radical (unpaired) electrons. The number of anilines is 1. The van der Waals surface area contributed by atoms with Gasteiger partial charge in [0.05, 0.1) is 5.56 Å². The number of carboxylic acids is 1. The van der Waals surface area contributed by atoms with Crippen LogP contribution in [0.25, 0.3) is 0 Å². The first-order chi connectivity index (χ1) is 11.1. The van der Waals surface area contributed by atoms with Crippen LogP contribution in [-0.4, -0.2) is 47.5 Å². The Kier molecular flexibility index (Phi) is 7.82. The highest BCUT2D eigenvalue weighted by atomic mass is 32.2. The summed E-state index contributed by atoms with van der Waals surface area (Å²) in [6.45, 7) is 7.30. The van der Waals surface area contributed by atoms with E-state index >= 15 is 0 Å². The third kappa shape index (κ3) is 6.56. The average Bonchev–Trinajstić information content (AvgIpc) is 2.46. The number of pyridine rings is 1. The molecule has 1 aliphatic rings. The molecule has 0 amide bonds. The number of piperazine rings is 1. The number of halogens is 3. The predicted octanol–water partition coefficient (Wildman–Crippen LogP) is 3.10. The minimum Gasteiger partial charge on any atom is -0.481 e. The quantitative estimate of drug-likeness (QED) is 0.803. The molecule has 1 aromatic rings. The lowest BCUT2D eigenvalue weighted by Gasteiger charge is -2.33. The number of aliphatic carboxylic acids is 1. The molecule has 1 saturated heterocycles. The highest BCUT2D eigenvalue weighted by molar-refractivity contribution is 7.99. The highest BCUT2D eigenvalue weighted by Crippen LogP contribution is 2.36. The van der Waals surface area contributed by atoms with Crippen LogP contribution in [0.3, 0.4) is 0 Å². The van der Waals surface area contributed by atoms with Gasteiger partial charge < -0.3 is 15.3 Å². The Labute approximate surface area is 143 Å². The lowest BCUT2D eigenvalue weighted by Crippen LogP contribution is -2.49. The van der Waals surface area contributed by atoms with Gasteiger partial charge in [0.25, 0.3) is 5.97 Å². The number of alkyl halides is 3. The van der Waals surface area contributed by atoms with Crippen LogP contribution >= 0.6 is 11.8 Å². The van der Waals surface area contributed by atoms with E-state index in [1.807, 2.05) is 11.8 Å². The average molecular weight is 365 g/mol. The molecular weight excluding hydrogens is 343 g/mol. The summed E-state index contributed by atoms with van der Waals surface area (Å²) in [6, 6.07) is 2.93. The lowest BCUT2D eigenvalue weighted by atomic mass is 10.2. The molecule has 2 rings (SSSR count). The monoisotopic (exact) mass is 365 g/mol. The Hall–Kier alpha value is -1.48. The van der Waals surface area contributed by atoms with E-state index in [0.29, 0.717) is 17.6 Å². The molecule has 1 aromatic heterocycles. The fourth-order valence-corrected chi connectivity index (χ4v) is 2.98. The minimum atomic E-state index is -4.35. The van der Waals surface area contributed by atoms with Crippen LogP contribution in [0.2, 0.25) is 0 Å². The van der Waals surface area contributed by atoms with E-state index in [1.54, 1.807) is 0 Å². The zero-order chi connectivity index (χ0) is 18.3. The van der Waals surface area contributed by atoms with Gasteiger partial charge in [0.1, 0.15) is 10.8 Å². The third-order valence-electron chi connectivity index (χ3n) is 3.12. The standard InChI is InChI=1S/C13H18F3N3S.C2H4O2/c1-3-20-12-10(13(14,15)16)4-5-11(18-12)19-7-6-17-9(2)8-19;1-2(3)4/h4-5,9,17H,3,6-8H2,1-2H3;1H3,(H,3,4)/t9-;/m1./s1. The van der Waals surface area contributed by atoms with Gasteiger partial charge >= 0.3 is 6.18 Å². The summed E-state index contributed by atoms with van der Waals surface area (Å²) in [6.07, 6.45) is -4.35. The predicted molar refractivity (Wildman–Crippen MR) is 88.6 cm³/mol. The van der Waals surface area contributed by atoms with Crippen molar-refractivity contribution in [3.8, 4) is 0 Å². The van der Waals surface area contributed by atoms with Crippen molar-refractivity contribution in [1.82, 2.24) is 10.3 Å². The number of hydrogen-bond acceptors (Lipinski definition) is 5. The molecule has 9 heteroatoms. The second-order valence-corrected chi connectivity index (χ2v) is 6.53. The number of nitrogens with one attached hydrogen (secondary N) is 1. The van der Waals surface area contributed by atoms with E-state index in [2.05, 4.69) is 17.2 Å². The number of carbonyl (C=O) groups is 1. The fraction of sp³-hybridized carbons (Fsp3) is 0.600. The van der Waals surface area contributed by atoms with Crippen LogP contribution in [0, 0.1) is 0 Å². The van der Waals surface area contributed by atoms with E-state index in [4.69, 9.17) is 9.90 Å². The maximum atomic E-state index is 12.9. The Balaban J connectivity index is 0.000000648. The lowest BCUT2D eigenvalue weighted by molar-refractivity contribution is -0.140. The van der Waals surface area contributed by atoms with Gasteiger partial charge in [-0.3, -0.25) is 4.79 Å². The van der Waals surface area contributed by atoms with E-state index in [-0.39, 0.29) is 5.03 Å². The van der Waals surface area contributed by atoms with Gasteiger partial charge in [-0.25, -0.2) is 4.98 Å². The summed E-state index contributed by atoms with van der Waals surface area (Å²) < 4.78 is 38.8. The van der Waals surface area contributed by atoms with E-state index in [1.165, 1.54) is 6.07 Å². The van der Waals surface area contributed by atoms with Crippen molar-refractivity contribution in [2.45, 2.75) is 38.0 Å². The number of aromatic nitrogens is 1. The first kappa shape index (κ1) is 20.6. The number of hydrogen-bond donors (Lipinski definition) is 2. The summed E-state index contributed by atoms with van der Waals surface area (Å²) in [5.41, 5.74) is -0.642. The summed E-state index contributed by atoms with van der Waals surface area (Å²) in [5.74, 6) is 0.361. The molecule has 0 aliphatic carbocycles. The second-order valence-electron chi connectivity index (χ2n) is 5.27. The molecule has 24 heavy (non-hydrogen) atoms. The Morgan fingerprint density at radius 2 is 2.12 bits per heavy atom. The van der Waals surface area contributed by atoms with Crippen molar-refractivity contribution in [3.05, 3.63) is 17.7 Å². The summed E-state index contributed by atoms with van der Waals surface area (Å²) >= 11 is 1.13. The van der Waals surface area contributed by atoms with Gasteiger partial charge in [0.2, 0.25) is 0 Å². The first-order valence-corrected chi connectivity index (χ1v) is 8.52. The largest absolute Gasteiger partial charge is 0.481 e. The van der Waals surface area contributed by atoms with Gasteiger partial charge in [-0.2, -0.15) is 13.2 Å². The van der Waals surface area contributed by atoms with Crippen LogP contribution in [0.4, 0.5) is 19.0 Å². The normalized spacial score (nSPS) is 17.9. The van der Waals surface area contributed by atoms with Gasteiger partial charge in [-0.15, -0.1) is 11.8 Å². The molecule has 2 N–H and O–H groups in total. The summed E-state index contributed by atoms with van der Waals surface area (Å²) in [4.78, 5) is 15.3. The van der Waals surface area contributed by atoms with Crippen molar-refractivity contribution in [1.29, 1.82) is 0 Å². The Morgan fingerprint density at radius 3 is 2.62 bits per heavy atom. The van der Waals surface area contributed by atoms with E-state index in [9.17, 15) is 13.2 Å². The molecular formula is C15H22F3N3O2S. The van der Waals surface area contributed by atoms with Crippen LogP contribution in [0.5, 0.6) is 0 Å². The highest BCUT2D eigenvalue weighted by Gasteiger charge is 2.34. The van der Waals surface area contributed by atoms with Gasteiger partial charge in [-0.05, 0) is 24.8 Å². The number of thioether (sulfide) groups is 1. The molecule has 0 spiro atoms. The van der Waals surface area contributed by atoms with Crippen molar-refractivity contribution in [2.24, 2.45) is 0 Å². The van der Waals surface area contributed by atoms with E-state index < -0.39 is 17.7 Å². The fourth-order valence-electron chi connectivity index (χ4n) is 2.21. The van der Waals surface area contributed by atoms with Crippen molar-refractivity contribution in [3.63, 3.8) is 0 Å². The van der Waals surface area contributed by atoms with Crippen molar-refractivity contribution >= 4 is 23.5 Å². The summed E-state index contributed by atoms with van der Waals surface area (Å²) in [5, 5.41) is 10.8. The minimum absolute atomic E-state index is 0.0729. The maximum Gasteiger partial charge on any atom is 0.419 e. The molecule has 5 nitrogen and oxygen atoms in total. The topological polar surface area (TPSA) is 65.5 Å².